The average molecular weight is 253 g/mol. The van der Waals surface area contributed by atoms with Crippen LogP contribution in [0.5, 0.6) is 5.75 Å². The molecule has 0 amide bonds. The van der Waals surface area contributed by atoms with E-state index in [-0.39, 0.29) is 5.75 Å². The highest BCUT2D eigenvalue weighted by Crippen LogP contribution is 2.25. The molecule has 1 aromatic carbocycles. The molecular weight excluding hydrogens is 240 g/mol. The number of rotatable bonds is 4. The van der Waals surface area contributed by atoms with E-state index in [1.54, 1.807) is 19.1 Å². The highest BCUT2D eigenvalue weighted by atomic mass is 19.3. The van der Waals surface area contributed by atoms with Gasteiger partial charge in [-0.1, -0.05) is 13.0 Å². The number of ether oxygens (including phenoxy) is 1. The second kappa shape index (κ2) is 5.12. The number of nitrogens with zero attached hydrogens (tertiary/aromatic N) is 3. The molecule has 0 saturated carbocycles. The lowest BCUT2D eigenvalue weighted by Gasteiger charge is -2.11. The molecule has 0 bridgehead atoms. The van der Waals surface area contributed by atoms with Crippen molar-refractivity contribution >= 4 is 0 Å². The molecule has 0 aliphatic heterocycles. The first-order valence-corrected chi connectivity index (χ1v) is 5.56. The summed E-state index contributed by atoms with van der Waals surface area (Å²) in [4.78, 5) is 3.96. The van der Waals surface area contributed by atoms with E-state index in [9.17, 15) is 8.78 Å². The lowest BCUT2D eigenvalue weighted by molar-refractivity contribution is -0.0499. The number of halogens is 2. The summed E-state index contributed by atoms with van der Waals surface area (Å²) in [5.74, 6) is 0.673. The van der Waals surface area contributed by atoms with Crippen molar-refractivity contribution in [1.82, 2.24) is 14.8 Å². The van der Waals surface area contributed by atoms with E-state index < -0.39 is 6.61 Å². The molecule has 6 heteroatoms. The molecule has 1 heterocycles. The van der Waals surface area contributed by atoms with Gasteiger partial charge in [0, 0.05) is 0 Å². The van der Waals surface area contributed by atoms with Gasteiger partial charge in [0.15, 0.2) is 5.75 Å². The zero-order valence-corrected chi connectivity index (χ0v) is 10.1. The highest BCUT2D eigenvalue weighted by molar-refractivity contribution is 5.48. The standard InChI is InChI=1S/C12H13F2N3O/c1-3-9-4-5-10(11(6-9)18-12(13)14)17-7-15-8(2)16-17/h4-7,12H,3H2,1-2H3. The maximum Gasteiger partial charge on any atom is 0.387 e. The summed E-state index contributed by atoms with van der Waals surface area (Å²) >= 11 is 0. The molecule has 0 radical (unpaired) electrons. The number of aromatic nitrogens is 3. The molecule has 0 unspecified atom stereocenters. The SMILES string of the molecule is CCc1ccc(-n2cnc(C)n2)c(OC(F)F)c1. The van der Waals surface area contributed by atoms with Crippen LogP contribution in [0.4, 0.5) is 8.78 Å². The van der Waals surface area contributed by atoms with Crippen LogP contribution in [0.1, 0.15) is 18.3 Å². The van der Waals surface area contributed by atoms with Gasteiger partial charge in [-0.3, -0.25) is 0 Å². The van der Waals surface area contributed by atoms with Crippen molar-refractivity contribution in [2.75, 3.05) is 0 Å². The van der Waals surface area contributed by atoms with Crippen LogP contribution >= 0.6 is 0 Å². The first-order chi connectivity index (χ1) is 8.60. The largest absolute Gasteiger partial charge is 0.433 e. The number of aryl methyl sites for hydroxylation is 2. The molecule has 0 atom stereocenters. The Hall–Kier alpha value is -1.98. The van der Waals surface area contributed by atoms with Crippen molar-refractivity contribution < 1.29 is 13.5 Å². The lowest BCUT2D eigenvalue weighted by Crippen LogP contribution is -2.07. The summed E-state index contributed by atoms with van der Waals surface area (Å²) in [6.07, 6.45) is 2.21. The Kier molecular flexibility index (Phi) is 3.55. The van der Waals surface area contributed by atoms with E-state index in [2.05, 4.69) is 14.8 Å². The quantitative estimate of drug-likeness (QED) is 0.841. The molecule has 2 rings (SSSR count). The van der Waals surface area contributed by atoms with E-state index in [0.717, 1.165) is 12.0 Å². The summed E-state index contributed by atoms with van der Waals surface area (Å²) in [6.45, 7) is 0.811. The van der Waals surface area contributed by atoms with Gasteiger partial charge in [0.2, 0.25) is 0 Å². The van der Waals surface area contributed by atoms with E-state index in [0.29, 0.717) is 11.5 Å². The smallest absolute Gasteiger partial charge is 0.387 e. The Bertz CT molecular complexity index is 540. The maximum absolute atomic E-state index is 12.4. The summed E-state index contributed by atoms with van der Waals surface area (Å²) in [6, 6.07) is 5.15. The average Bonchev–Trinajstić information content (AvgIpc) is 2.74. The maximum atomic E-state index is 12.4. The summed E-state index contributed by atoms with van der Waals surface area (Å²) in [5.41, 5.74) is 1.37. The van der Waals surface area contributed by atoms with Crippen LogP contribution in [0.3, 0.4) is 0 Å². The van der Waals surface area contributed by atoms with E-state index in [1.807, 2.05) is 13.0 Å². The third-order valence-corrected chi connectivity index (χ3v) is 2.50. The monoisotopic (exact) mass is 253 g/mol. The molecular formula is C12H13F2N3O. The fourth-order valence-electron chi connectivity index (χ4n) is 1.62. The zero-order valence-electron chi connectivity index (χ0n) is 10.1. The minimum Gasteiger partial charge on any atom is -0.433 e. The number of hydrogen-bond donors (Lipinski definition) is 0. The van der Waals surface area contributed by atoms with Crippen LogP contribution in [0.15, 0.2) is 24.5 Å². The van der Waals surface area contributed by atoms with E-state index in [4.69, 9.17) is 0 Å². The van der Waals surface area contributed by atoms with Gasteiger partial charge in [-0.05, 0) is 31.0 Å². The number of alkyl halides is 2. The Morgan fingerprint density at radius 2 is 2.17 bits per heavy atom. The van der Waals surface area contributed by atoms with Crippen molar-refractivity contribution in [2.24, 2.45) is 0 Å². The molecule has 18 heavy (non-hydrogen) atoms. The van der Waals surface area contributed by atoms with Gasteiger partial charge in [-0.15, -0.1) is 0 Å². The second-order valence-electron chi connectivity index (χ2n) is 3.77. The van der Waals surface area contributed by atoms with Crippen molar-refractivity contribution in [3.05, 3.63) is 35.9 Å². The Labute approximate surface area is 103 Å². The van der Waals surface area contributed by atoms with E-state index in [1.165, 1.54) is 11.0 Å². The van der Waals surface area contributed by atoms with Gasteiger partial charge < -0.3 is 4.74 Å². The van der Waals surface area contributed by atoms with Gasteiger partial charge in [0.05, 0.1) is 0 Å². The summed E-state index contributed by atoms with van der Waals surface area (Å²) < 4.78 is 30.7. The van der Waals surface area contributed by atoms with Crippen molar-refractivity contribution in [3.63, 3.8) is 0 Å². The van der Waals surface area contributed by atoms with Crippen molar-refractivity contribution in [2.45, 2.75) is 26.9 Å². The molecule has 0 aliphatic carbocycles. The van der Waals surface area contributed by atoms with Crippen molar-refractivity contribution in [1.29, 1.82) is 0 Å². The fourth-order valence-corrected chi connectivity index (χ4v) is 1.62. The molecule has 0 fully saturated rings. The third kappa shape index (κ3) is 2.64. The van der Waals surface area contributed by atoms with E-state index >= 15 is 0 Å². The van der Waals surface area contributed by atoms with Crippen LogP contribution in [0.2, 0.25) is 0 Å². The second-order valence-corrected chi connectivity index (χ2v) is 3.77. The first-order valence-electron chi connectivity index (χ1n) is 5.56. The van der Waals surface area contributed by atoms with Gasteiger partial charge in [0.1, 0.15) is 17.8 Å². The topological polar surface area (TPSA) is 39.9 Å². The number of hydrogen-bond acceptors (Lipinski definition) is 3. The zero-order chi connectivity index (χ0) is 13.1. The lowest BCUT2D eigenvalue weighted by atomic mass is 10.1. The molecule has 0 N–H and O–H groups in total. The first kappa shape index (κ1) is 12.5. The van der Waals surface area contributed by atoms with Gasteiger partial charge in [0.25, 0.3) is 0 Å². The molecule has 4 nitrogen and oxygen atoms in total. The Morgan fingerprint density at radius 1 is 1.39 bits per heavy atom. The molecule has 0 aliphatic rings. The highest BCUT2D eigenvalue weighted by Gasteiger charge is 2.12. The van der Waals surface area contributed by atoms with Crippen LogP contribution in [0.25, 0.3) is 5.69 Å². The predicted molar refractivity (Wildman–Crippen MR) is 62.1 cm³/mol. The molecule has 2 aromatic rings. The molecule has 0 saturated heterocycles. The fraction of sp³-hybridized carbons (Fsp3) is 0.333. The number of benzene rings is 1. The third-order valence-electron chi connectivity index (χ3n) is 2.50. The van der Waals surface area contributed by atoms with Crippen LogP contribution in [-0.2, 0) is 6.42 Å². The predicted octanol–water partition coefficient (Wildman–Crippen LogP) is 2.74. The Morgan fingerprint density at radius 3 is 2.72 bits per heavy atom. The molecule has 1 aromatic heterocycles. The van der Waals surface area contributed by atoms with Crippen LogP contribution in [0, 0.1) is 6.92 Å². The van der Waals surface area contributed by atoms with Gasteiger partial charge >= 0.3 is 6.61 Å². The van der Waals surface area contributed by atoms with Crippen LogP contribution in [-0.4, -0.2) is 21.4 Å². The normalized spacial score (nSPS) is 10.9. The minimum absolute atomic E-state index is 0.106. The van der Waals surface area contributed by atoms with Crippen molar-refractivity contribution in [3.8, 4) is 11.4 Å². The van der Waals surface area contributed by atoms with Crippen LogP contribution < -0.4 is 4.74 Å². The van der Waals surface area contributed by atoms with Gasteiger partial charge in [-0.2, -0.15) is 13.9 Å². The summed E-state index contributed by atoms with van der Waals surface area (Å²) in [5, 5.41) is 4.09. The summed E-state index contributed by atoms with van der Waals surface area (Å²) in [7, 11) is 0. The molecule has 96 valence electrons. The Balaban J connectivity index is 2.45. The van der Waals surface area contributed by atoms with Gasteiger partial charge in [-0.25, -0.2) is 9.67 Å². The minimum atomic E-state index is -2.86. The molecule has 0 spiro atoms.